The Labute approximate surface area is 177 Å². The summed E-state index contributed by atoms with van der Waals surface area (Å²) in [6.07, 6.45) is 1.93. The zero-order valence-electron chi connectivity index (χ0n) is 15.5. The van der Waals surface area contributed by atoms with Crippen LogP contribution in [0.3, 0.4) is 0 Å². The molecule has 152 valence electrons. The third-order valence-corrected chi connectivity index (χ3v) is 4.83. The molecule has 2 aromatic carbocycles. The van der Waals surface area contributed by atoms with E-state index in [1.54, 1.807) is 18.3 Å². The van der Waals surface area contributed by atoms with Crippen LogP contribution in [0.2, 0.25) is 10.0 Å². The van der Waals surface area contributed by atoms with Gasteiger partial charge in [-0.15, -0.1) is 0 Å². The summed E-state index contributed by atoms with van der Waals surface area (Å²) < 4.78 is 10.2. The van der Waals surface area contributed by atoms with Crippen molar-refractivity contribution in [1.82, 2.24) is 4.98 Å². The number of esters is 2. The molecular formula is C21H20Cl2N2O4. The number of aromatic nitrogens is 1. The van der Waals surface area contributed by atoms with E-state index in [9.17, 15) is 9.59 Å². The molecule has 3 aromatic rings. The molecule has 1 heterocycles. The first kappa shape index (κ1) is 21.2. The molecule has 0 aliphatic carbocycles. The Morgan fingerprint density at radius 1 is 1.10 bits per heavy atom. The molecule has 0 saturated carbocycles. The van der Waals surface area contributed by atoms with Crippen LogP contribution in [-0.2, 0) is 32.1 Å². The summed E-state index contributed by atoms with van der Waals surface area (Å²) in [6, 6.07) is 11.8. The van der Waals surface area contributed by atoms with Crippen molar-refractivity contribution in [2.45, 2.75) is 25.5 Å². The summed E-state index contributed by atoms with van der Waals surface area (Å²) in [5.74, 6) is -1.05. The number of aromatic amines is 1. The summed E-state index contributed by atoms with van der Waals surface area (Å²) in [5.41, 5.74) is 8.39. The highest BCUT2D eigenvalue weighted by atomic mass is 35.5. The third kappa shape index (κ3) is 5.73. The second kappa shape index (κ2) is 9.78. The molecule has 0 saturated heterocycles. The number of hydrogen-bond donors (Lipinski definition) is 2. The van der Waals surface area contributed by atoms with Crippen molar-refractivity contribution >= 4 is 46.0 Å². The molecule has 1 aromatic heterocycles. The lowest BCUT2D eigenvalue weighted by molar-refractivity contribution is -0.150. The van der Waals surface area contributed by atoms with Gasteiger partial charge in [-0.05, 0) is 23.3 Å². The number of halogens is 2. The fourth-order valence-electron chi connectivity index (χ4n) is 2.88. The van der Waals surface area contributed by atoms with Crippen molar-refractivity contribution < 1.29 is 19.1 Å². The number of carbonyl (C=O) groups is 2. The smallest absolute Gasteiger partial charge is 0.323 e. The summed E-state index contributed by atoms with van der Waals surface area (Å²) >= 11 is 12.2. The predicted octanol–water partition coefficient (Wildman–Crippen LogP) is 4.02. The Morgan fingerprint density at radius 3 is 2.62 bits per heavy atom. The standard InChI is InChI=1S/C21H20Cl2N2O4/c22-15-9-16(23)20-14(11-25-18(20)10-15)8-17(24)21(27)28-7-6-19(26)29-12-13-4-2-1-3-5-13/h1-5,9-11,17,25H,6-8,12,24H2/t17-/m0/s1. The van der Waals surface area contributed by atoms with Gasteiger partial charge in [0.1, 0.15) is 19.3 Å². The largest absolute Gasteiger partial charge is 0.464 e. The first-order valence-corrected chi connectivity index (χ1v) is 9.76. The van der Waals surface area contributed by atoms with E-state index in [2.05, 4.69) is 4.98 Å². The number of fused-ring (bicyclic) bond motifs is 1. The van der Waals surface area contributed by atoms with Gasteiger partial charge >= 0.3 is 11.9 Å². The molecule has 0 aliphatic heterocycles. The Morgan fingerprint density at radius 2 is 1.86 bits per heavy atom. The Balaban J connectivity index is 1.45. The van der Waals surface area contributed by atoms with Crippen LogP contribution in [-0.4, -0.2) is 29.6 Å². The summed E-state index contributed by atoms with van der Waals surface area (Å²) in [4.78, 5) is 27.0. The maximum atomic E-state index is 12.1. The van der Waals surface area contributed by atoms with Crippen molar-refractivity contribution in [3.63, 3.8) is 0 Å². The molecule has 0 bridgehead atoms. The number of hydrogen-bond acceptors (Lipinski definition) is 5. The van der Waals surface area contributed by atoms with Gasteiger partial charge in [-0.25, -0.2) is 0 Å². The van der Waals surface area contributed by atoms with Gasteiger partial charge in [0.25, 0.3) is 0 Å². The SMILES string of the molecule is N[C@@H](Cc1c[nH]c2cc(Cl)cc(Cl)c12)C(=O)OCCC(=O)OCc1ccccc1. The minimum atomic E-state index is -0.888. The highest BCUT2D eigenvalue weighted by molar-refractivity contribution is 6.38. The van der Waals surface area contributed by atoms with Crippen LogP contribution >= 0.6 is 23.2 Å². The highest BCUT2D eigenvalue weighted by Crippen LogP contribution is 2.30. The minimum Gasteiger partial charge on any atom is -0.464 e. The van der Waals surface area contributed by atoms with Crippen molar-refractivity contribution in [3.8, 4) is 0 Å². The molecular weight excluding hydrogens is 415 g/mol. The second-order valence-electron chi connectivity index (χ2n) is 6.50. The van der Waals surface area contributed by atoms with E-state index in [0.717, 1.165) is 22.0 Å². The molecule has 8 heteroatoms. The lowest BCUT2D eigenvalue weighted by Gasteiger charge is -2.11. The number of benzene rings is 2. The number of ether oxygens (including phenoxy) is 2. The summed E-state index contributed by atoms with van der Waals surface area (Å²) in [5, 5.41) is 1.76. The van der Waals surface area contributed by atoms with Crippen LogP contribution in [0.15, 0.2) is 48.7 Å². The van der Waals surface area contributed by atoms with Gasteiger partial charge < -0.3 is 20.2 Å². The van der Waals surface area contributed by atoms with Gasteiger partial charge in [0.2, 0.25) is 0 Å². The summed E-state index contributed by atoms with van der Waals surface area (Å²) in [6.45, 7) is 0.0862. The third-order valence-electron chi connectivity index (χ3n) is 4.31. The number of nitrogens with one attached hydrogen (secondary N) is 1. The average molecular weight is 435 g/mol. The predicted molar refractivity (Wildman–Crippen MR) is 112 cm³/mol. The van der Waals surface area contributed by atoms with Crippen LogP contribution in [0.4, 0.5) is 0 Å². The number of rotatable bonds is 8. The van der Waals surface area contributed by atoms with Crippen LogP contribution in [0.5, 0.6) is 0 Å². The van der Waals surface area contributed by atoms with E-state index >= 15 is 0 Å². The van der Waals surface area contributed by atoms with Crippen molar-refractivity contribution in [1.29, 1.82) is 0 Å². The molecule has 0 unspecified atom stereocenters. The lowest BCUT2D eigenvalue weighted by Crippen LogP contribution is -2.34. The summed E-state index contributed by atoms with van der Waals surface area (Å²) in [7, 11) is 0. The molecule has 0 spiro atoms. The molecule has 3 N–H and O–H groups in total. The van der Waals surface area contributed by atoms with E-state index in [1.165, 1.54) is 0 Å². The van der Waals surface area contributed by atoms with Gasteiger partial charge in [0.05, 0.1) is 11.4 Å². The zero-order valence-corrected chi connectivity index (χ0v) is 17.0. The minimum absolute atomic E-state index is 0.0390. The lowest BCUT2D eigenvalue weighted by atomic mass is 10.1. The normalized spacial score (nSPS) is 12.0. The Kier molecular flexibility index (Phi) is 7.14. The number of carbonyl (C=O) groups excluding carboxylic acids is 2. The highest BCUT2D eigenvalue weighted by Gasteiger charge is 2.19. The molecule has 1 atom stereocenters. The Hall–Kier alpha value is -2.54. The van der Waals surface area contributed by atoms with Gasteiger partial charge in [-0.2, -0.15) is 0 Å². The average Bonchev–Trinajstić information content (AvgIpc) is 3.09. The van der Waals surface area contributed by atoms with E-state index in [0.29, 0.717) is 10.0 Å². The van der Waals surface area contributed by atoms with E-state index in [1.807, 2.05) is 30.3 Å². The molecule has 0 radical (unpaired) electrons. The molecule has 0 aliphatic rings. The van der Waals surface area contributed by atoms with E-state index in [4.69, 9.17) is 38.4 Å². The van der Waals surface area contributed by atoms with Crippen molar-refractivity contribution in [2.24, 2.45) is 5.73 Å². The van der Waals surface area contributed by atoms with Gasteiger partial charge in [0, 0.05) is 28.5 Å². The zero-order chi connectivity index (χ0) is 20.8. The van der Waals surface area contributed by atoms with Crippen LogP contribution in [0.25, 0.3) is 10.9 Å². The molecule has 29 heavy (non-hydrogen) atoms. The van der Waals surface area contributed by atoms with Gasteiger partial charge in [0.15, 0.2) is 0 Å². The van der Waals surface area contributed by atoms with E-state index in [-0.39, 0.29) is 26.1 Å². The topological polar surface area (TPSA) is 94.4 Å². The van der Waals surface area contributed by atoms with E-state index < -0.39 is 18.0 Å². The fourth-order valence-corrected chi connectivity index (χ4v) is 3.50. The first-order chi connectivity index (χ1) is 13.9. The maximum absolute atomic E-state index is 12.1. The molecule has 0 amide bonds. The second-order valence-corrected chi connectivity index (χ2v) is 7.34. The van der Waals surface area contributed by atoms with Crippen LogP contribution in [0.1, 0.15) is 17.5 Å². The van der Waals surface area contributed by atoms with Gasteiger partial charge in [-0.3, -0.25) is 9.59 Å². The fraction of sp³-hybridized carbons (Fsp3) is 0.238. The van der Waals surface area contributed by atoms with Crippen molar-refractivity contribution in [2.75, 3.05) is 6.61 Å². The van der Waals surface area contributed by atoms with Gasteiger partial charge in [-0.1, -0.05) is 53.5 Å². The maximum Gasteiger partial charge on any atom is 0.323 e. The number of nitrogens with two attached hydrogens (primary N) is 1. The molecule has 6 nitrogen and oxygen atoms in total. The van der Waals surface area contributed by atoms with Crippen LogP contribution in [0, 0.1) is 0 Å². The Bertz CT molecular complexity index is 1000. The number of H-pyrrole nitrogens is 1. The molecule has 0 fully saturated rings. The quantitative estimate of drug-likeness (QED) is 0.522. The first-order valence-electron chi connectivity index (χ1n) is 9.01. The monoisotopic (exact) mass is 434 g/mol. The molecule has 3 rings (SSSR count). The van der Waals surface area contributed by atoms with Crippen LogP contribution < -0.4 is 5.73 Å². The van der Waals surface area contributed by atoms with Crippen molar-refractivity contribution in [3.05, 3.63) is 69.8 Å².